The molecule has 110 valence electrons. The summed E-state index contributed by atoms with van der Waals surface area (Å²) in [7, 11) is 0. The van der Waals surface area contributed by atoms with E-state index in [4.69, 9.17) is 0 Å². The number of hydrogen-bond acceptors (Lipinski definition) is 2. The van der Waals surface area contributed by atoms with Gasteiger partial charge in [0.15, 0.2) is 0 Å². The average Bonchev–Trinajstić information content (AvgIpc) is 2.38. The van der Waals surface area contributed by atoms with Gasteiger partial charge < -0.3 is 5.32 Å². The van der Waals surface area contributed by atoms with Gasteiger partial charge in [0, 0.05) is 19.6 Å². The maximum Gasteiger partial charge on any atom is 0.0234 e. The molecule has 1 unspecified atom stereocenters. The Hall–Kier alpha value is -0.860. The lowest BCUT2D eigenvalue weighted by Crippen LogP contribution is -2.50. The van der Waals surface area contributed by atoms with Gasteiger partial charge in [0.2, 0.25) is 0 Å². The fourth-order valence-corrected chi connectivity index (χ4v) is 4.24. The lowest BCUT2D eigenvalue weighted by Gasteiger charge is -2.45. The first-order valence-corrected chi connectivity index (χ1v) is 8.16. The van der Waals surface area contributed by atoms with Crippen LogP contribution in [0.2, 0.25) is 0 Å². The van der Waals surface area contributed by atoms with Gasteiger partial charge in [-0.15, -0.1) is 0 Å². The summed E-state index contributed by atoms with van der Waals surface area (Å²) in [6.45, 7) is 10.6. The number of rotatable bonds is 2. The zero-order valence-electron chi connectivity index (χ0n) is 13.0. The lowest BCUT2D eigenvalue weighted by atomic mass is 9.74. The Morgan fingerprint density at radius 1 is 1.10 bits per heavy atom. The zero-order chi connectivity index (χ0) is 14.0. The molecule has 0 radical (unpaired) electrons. The molecule has 2 fully saturated rings. The molecular weight excluding hydrogens is 244 g/mol. The van der Waals surface area contributed by atoms with Crippen molar-refractivity contribution in [1.29, 1.82) is 0 Å². The summed E-state index contributed by atoms with van der Waals surface area (Å²) in [5.41, 5.74) is 4.84. The third-order valence-electron chi connectivity index (χ3n) is 4.99. The first-order chi connectivity index (χ1) is 9.65. The molecule has 2 saturated heterocycles. The van der Waals surface area contributed by atoms with Crippen molar-refractivity contribution >= 4 is 0 Å². The van der Waals surface area contributed by atoms with Crippen LogP contribution in [-0.4, -0.2) is 31.1 Å². The second-order valence-electron chi connectivity index (χ2n) is 7.09. The third-order valence-corrected chi connectivity index (χ3v) is 4.99. The van der Waals surface area contributed by atoms with Crippen LogP contribution in [0.4, 0.5) is 0 Å². The lowest BCUT2D eigenvalue weighted by molar-refractivity contribution is 0.0600. The summed E-state index contributed by atoms with van der Waals surface area (Å²) >= 11 is 0. The van der Waals surface area contributed by atoms with Crippen LogP contribution >= 0.6 is 0 Å². The molecule has 20 heavy (non-hydrogen) atoms. The number of nitrogens with one attached hydrogen (secondary N) is 1. The maximum atomic E-state index is 3.62. The molecule has 1 aromatic rings. The number of hydrogen-bond donors (Lipinski definition) is 1. The summed E-state index contributed by atoms with van der Waals surface area (Å²) in [4.78, 5) is 2.69. The second-order valence-corrected chi connectivity index (χ2v) is 7.09. The highest BCUT2D eigenvalue weighted by Gasteiger charge is 2.36. The predicted molar refractivity (Wildman–Crippen MR) is 85.0 cm³/mol. The zero-order valence-corrected chi connectivity index (χ0v) is 13.0. The fourth-order valence-electron chi connectivity index (χ4n) is 4.24. The van der Waals surface area contributed by atoms with Crippen molar-refractivity contribution in [2.24, 2.45) is 5.41 Å². The van der Waals surface area contributed by atoms with Crippen LogP contribution < -0.4 is 5.32 Å². The van der Waals surface area contributed by atoms with Gasteiger partial charge in [0.25, 0.3) is 0 Å². The van der Waals surface area contributed by atoms with Crippen LogP contribution in [0.5, 0.6) is 0 Å². The van der Waals surface area contributed by atoms with E-state index in [1.54, 1.807) is 0 Å². The molecule has 0 aromatic heterocycles. The normalized spacial score (nSPS) is 27.9. The molecule has 2 aliphatic rings. The van der Waals surface area contributed by atoms with Gasteiger partial charge in [-0.25, -0.2) is 0 Å². The SMILES string of the molecule is Cc1cc(C)cc(CN2CCCC3(CCCNC3)C2)c1. The number of benzene rings is 1. The number of aryl methyl sites for hydroxylation is 2. The minimum atomic E-state index is 0.565. The van der Waals surface area contributed by atoms with Crippen LogP contribution in [0.1, 0.15) is 42.4 Å². The van der Waals surface area contributed by atoms with Gasteiger partial charge in [0.05, 0.1) is 0 Å². The summed E-state index contributed by atoms with van der Waals surface area (Å²) in [6.07, 6.45) is 5.57. The van der Waals surface area contributed by atoms with Crippen molar-refractivity contribution < 1.29 is 0 Å². The van der Waals surface area contributed by atoms with Crippen molar-refractivity contribution in [1.82, 2.24) is 10.2 Å². The molecule has 2 heteroatoms. The van der Waals surface area contributed by atoms with Gasteiger partial charge in [-0.3, -0.25) is 4.90 Å². The van der Waals surface area contributed by atoms with E-state index < -0.39 is 0 Å². The molecule has 2 aliphatic heterocycles. The van der Waals surface area contributed by atoms with Crippen molar-refractivity contribution in [2.75, 3.05) is 26.2 Å². The number of likely N-dealkylation sites (tertiary alicyclic amines) is 1. The van der Waals surface area contributed by atoms with E-state index >= 15 is 0 Å². The highest BCUT2D eigenvalue weighted by Crippen LogP contribution is 2.36. The van der Waals surface area contributed by atoms with E-state index in [1.165, 1.54) is 68.6 Å². The average molecular weight is 272 g/mol. The summed E-state index contributed by atoms with van der Waals surface area (Å²) < 4.78 is 0. The molecule has 0 aliphatic carbocycles. The summed E-state index contributed by atoms with van der Waals surface area (Å²) in [5, 5.41) is 3.62. The highest BCUT2D eigenvalue weighted by molar-refractivity contribution is 5.28. The molecule has 2 heterocycles. The first-order valence-electron chi connectivity index (χ1n) is 8.16. The fraction of sp³-hybridized carbons (Fsp3) is 0.667. The summed E-state index contributed by atoms with van der Waals surface area (Å²) in [5.74, 6) is 0. The topological polar surface area (TPSA) is 15.3 Å². The van der Waals surface area contributed by atoms with E-state index in [-0.39, 0.29) is 0 Å². The first kappa shape index (κ1) is 14.1. The molecule has 1 N–H and O–H groups in total. The Kier molecular flexibility index (Phi) is 4.13. The largest absolute Gasteiger partial charge is 0.316 e. The number of piperidine rings is 2. The molecule has 3 rings (SSSR count). The molecule has 2 nitrogen and oxygen atoms in total. The second kappa shape index (κ2) is 5.87. The standard InChI is InChI=1S/C18H28N2/c1-15-9-16(2)11-17(10-15)12-20-8-4-6-18(14-20)5-3-7-19-13-18/h9-11,19H,3-8,12-14H2,1-2H3. The predicted octanol–water partition coefficient (Wildman–Crippen LogP) is 3.27. The molecule has 0 bridgehead atoms. The summed E-state index contributed by atoms with van der Waals surface area (Å²) in [6, 6.07) is 6.98. The van der Waals surface area contributed by atoms with Crippen LogP contribution in [0.25, 0.3) is 0 Å². The third kappa shape index (κ3) is 3.24. The molecule has 1 aromatic carbocycles. The van der Waals surface area contributed by atoms with Gasteiger partial charge in [-0.05, 0) is 63.6 Å². The number of nitrogens with zero attached hydrogens (tertiary/aromatic N) is 1. The highest BCUT2D eigenvalue weighted by atomic mass is 15.1. The molecule has 1 spiro atoms. The van der Waals surface area contributed by atoms with E-state index in [0.717, 1.165) is 6.54 Å². The van der Waals surface area contributed by atoms with Gasteiger partial charge >= 0.3 is 0 Å². The Morgan fingerprint density at radius 3 is 2.55 bits per heavy atom. The van der Waals surface area contributed by atoms with E-state index in [1.807, 2.05) is 0 Å². The van der Waals surface area contributed by atoms with Crippen molar-refractivity contribution in [2.45, 2.75) is 46.1 Å². The Balaban J connectivity index is 1.67. The minimum Gasteiger partial charge on any atom is -0.316 e. The van der Waals surface area contributed by atoms with E-state index in [2.05, 4.69) is 42.3 Å². The van der Waals surface area contributed by atoms with Crippen molar-refractivity contribution in [3.8, 4) is 0 Å². The maximum absolute atomic E-state index is 3.62. The molecular formula is C18H28N2. The Bertz CT molecular complexity index is 435. The monoisotopic (exact) mass is 272 g/mol. The molecule has 1 atom stereocenters. The molecule has 0 amide bonds. The quantitative estimate of drug-likeness (QED) is 0.889. The Labute approximate surface area is 123 Å². The van der Waals surface area contributed by atoms with Gasteiger partial charge in [0.1, 0.15) is 0 Å². The van der Waals surface area contributed by atoms with E-state index in [9.17, 15) is 0 Å². The van der Waals surface area contributed by atoms with Crippen LogP contribution in [0, 0.1) is 19.3 Å². The van der Waals surface area contributed by atoms with Crippen LogP contribution in [-0.2, 0) is 6.54 Å². The van der Waals surface area contributed by atoms with E-state index in [0.29, 0.717) is 5.41 Å². The van der Waals surface area contributed by atoms with Gasteiger partial charge in [-0.2, -0.15) is 0 Å². The minimum absolute atomic E-state index is 0.565. The van der Waals surface area contributed by atoms with Crippen LogP contribution in [0.3, 0.4) is 0 Å². The van der Waals surface area contributed by atoms with Crippen LogP contribution in [0.15, 0.2) is 18.2 Å². The van der Waals surface area contributed by atoms with Crippen molar-refractivity contribution in [3.63, 3.8) is 0 Å². The molecule has 0 saturated carbocycles. The Morgan fingerprint density at radius 2 is 1.85 bits per heavy atom. The smallest absolute Gasteiger partial charge is 0.0234 e. The van der Waals surface area contributed by atoms with Crippen molar-refractivity contribution in [3.05, 3.63) is 34.9 Å². The van der Waals surface area contributed by atoms with Gasteiger partial charge in [-0.1, -0.05) is 29.3 Å².